The third-order valence-corrected chi connectivity index (χ3v) is 4.07. The predicted molar refractivity (Wildman–Crippen MR) is 85.1 cm³/mol. The molecule has 1 aromatic rings. The molecule has 6 heteroatoms. The van der Waals surface area contributed by atoms with E-state index in [1.807, 2.05) is 27.0 Å². The lowest BCUT2D eigenvalue weighted by Gasteiger charge is -2.25. The van der Waals surface area contributed by atoms with Crippen LogP contribution in [0.4, 0.5) is 5.82 Å². The van der Waals surface area contributed by atoms with Crippen LogP contribution in [0.3, 0.4) is 0 Å². The molecule has 0 amide bonds. The van der Waals surface area contributed by atoms with Crippen LogP contribution < -0.4 is 10.6 Å². The molecule has 6 nitrogen and oxygen atoms in total. The molecular formula is C15H25N5O. The SMILES string of the molecule is Cc1cc(C)c(C(N)=NO)c(N(C)CC2CCN(C)C2)n1. The first-order valence-corrected chi connectivity index (χ1v) is 7.28. The van der Waals surface area contributed by atoms with Crippen LogP contribution in [0.2, 0.25) is 0 Å². The fraction of sp³-hybridized carbons (Fsp3) is 0.600. The van der Waals surface area contributed by atoms with Gasteiger partial charge in [0.15, 0.2) is 5.84 Å². The standard InChI is InChI=1S/C15H25N5O/c1-10-7-11(2)17-15(13(10)14(16)18-21)20(4)9-12-5-6-19(3)8-12/h7,12,21H,5-6,8-9H2,1-4H3,(H2,16,18). The molecule has 1 aliphatic heterocycles. The second-order valence-corrected chi connectivity index (χ2v) is 6.06. The van der Waals surface area contributed by atoms with Crippen molar-refractivity contribution in [2.75, 3.05) is 38.6 Å². The van der Waals surface area contributed by atoms with Gasteiger partial charge in [-0.2, -0.15) is 0 Å². The van der Waals surface area contributed by atoms with E-state index in [-0.39, 0.29) is 5.84 Å². The lowest BCUT2D eigenvalue weighted by atomic mass is 10.1. The summed E-state index contributed by atoms with van der Waals surface area (Å²) in [4.78, 5) is 9.07. The summed E-state index contributed by atoms with van der Waals surface area (Å²) in [6, 6.07) is 1.95. The van der Waals surface area contributed by atoms with Crippen molar-refractivity contribution in [1.82, 2.24) is 9.88 Å². The fourth-order valence-corrected chi connectivity index (χ4v) is 3.11. The van der Waals surface area contributed by atoms with Gasteiger partial charge in [0, 0.05) is 25.8 Å². The van der Waals surface area contributed by atoms with E-state index in [1.165, 1.54) is 6.42 Å². The van der Waals surface area contributed by atoms with E-state index in [0.29, 0.717) is 5.92 Å². The molecule has 2 rings (SSSR count). The van der Waals surface area contributed by atoms with Crippen molar-refractivity contribution in [2.24, 2.45) is 16.8 Å². The molecule has 1 saturated heterocycles. The number of pyridine rings is 1. The van der Waals surface area contributed by atoms with Crippen molar-refractivity contribution < 1.29 is 5.21 Å². The van der Waals surface area contributed by atoms with Crippen molar-refractivity contribution in [3.05, 3.63) is 22.9 Å². The Hall–Kier alpha value is -1.82. The largest absolute Gasteiger partial charge is 0.409 e. The molecule has 2 heterocycles. The van der Waals surface area contributed by atoms with Gasteiger partial charge in [0.1, 0.15) is 5.82 Å². The summed E-state index contributed by atoms with van der Waals surface area (Å²) in [5.41, 5.74) is 8.47. The van der Waals surface area contributed by atoms with Gasteiger partial charge in [-0.15, -0.1) is 0 Å². The maximum absolute atomic E-state index is 9.02. The summed E-state index contributed by atoms with van der Waals surface area (Å²) in [5, 5.41) is 12.2. The lowest BCUT2D eigenvalue weighted by molar-refractivity contribution is 0.318. The van der Waals surface area contributed by atoms with Gasteiger partial charge in [-0.1, -0.05) is 5.16 Å². The summed E-state index contributed by atoms with van der Waals surface area (Å²) in [5.74, 6) is 1.53. The zero-order valence-corrected chi connectivity index (χ0v) is 13.3. The Morgan fingerprint density at radius 2 is 2.29 bits per heavy atom. The smallest absolute Gasteiger partial charge is 0.174 e. The first kappa shape index (κ1) is 15.6. The highest BCUT2D eigenvalue weighted by atomic mass is 16.4. The number of hydrogen-bond donors (Lipinski definition) is 2. The first-order chi connectivity index (χ1) is 9.92. The number of aromatic nitrogens is 1. The molecule has 1 unspecified atom stereocenters. The van der Waals surface area contributed by atoms with Crippen molar-refractivity contribution in [2.45, 2.75) is 20.3 Å². The third-order valence-electron chi connectivity index (χ3n) is 4.07. The van der Waals surface area contributed by atoms with E-state index < -0.39 is 0 Å². The number of anilines is 1. The van der Waals surface area contributed by atoms with Gasteiger partial charge in [0.2, 0.25) is 0 Å². The molecule has 1 fully saturated rings. The Balaban J connectivity index is 2.29. The summed E-state index contributed by atoms with van der Waals surface area (Å²) in [7, 11) is 4.17. The monoisotopic (exact) mass is 291 g/mol. The summed E-state index contributed by atoms with van der Waals surface area (Å²) in [6.07, 6.45) is 1.20. The lowest BCUT2D eigenvalue weighted by Crippen LogP contribution is -2.31. The zero-order chi connectivity index (χ0) is 15.6. The Morgan fingerprint density at radius 3 is 2.86 bits per heavy atom. The maximum Gasteiger partial charge on any atom is 0.174 e. The number of aryl methyl sites for hydroxylation is 2. The average Bonchev–Trinajstić information content (AvgIpc) is 2.82. The van der Waals surface area contributed by atoms with E-state index in [9.17, 15) is 0 Å². The van der Waals surface area contributed by atoms with Crippen LogP contribution >= 0.6 is 0 Å². The molecule has 0 saturated carbocycles. The van der Waals surface area contributed by atoms with Crippen LogP contribution in [-0.4, -0.2) is 54.7 Å². The van der Waals surface area contributed by atoms with Crippen LogP contribution in [0.25, 0.3) is 0 Å². The van der Waals surface area contributed by atoms with E-state index in [2.05, 4.69) is 27.0 Å². The minimum atomic E-state index is 0.116. The van der Waals surface area contributed by atoms with Crippen LogP contribution in [0, 0.1) is 19.8 Å². The normalized spacial score (nSPS) is 20.0. The molecule has 3 N–H and O–H groups in total. The van der Waals surface area contributed by atoms with E-state index in [0.717, 1.165) is 42.3 Å². The van der Waals surface area contributed by atoms with Crippen molar-refractivity contribution >= 4 is 11.7 Å². The van der Waals surface area contributed by atoms with Gasteiger partial charge in [0.05, 0.1) is 5.56 Å². The van der Waals surface area contributed by atoms with Crippen molar-refractivity contribution in [1.29, 1.82) is 0 Å². The minimum absolute atomic E-state index is 0.116. The minimum Gasteiger partial charge on any atom is -0.409 e. The zero-order valence-electron chi connectivity index (χ0n) is 13.3. The van der Waals surface area contributed by atoms with Gasteiger partial charge < -0.3 is 20.7 Å². The molecule has 1 aromatic heterocycles. The topological polar surface area (TPSA) is 78.0 Å². The molecule has 0 radical (unpaired) electrons. The second-order valence-electron chi connectivity index (χ2n) is 6.06. The number of oxime groups is 1. The highest BCUT2D eigenvalue weighted by molar-refractivity contribution is 6.02. The van der Waals surface area contributed by atoms with Crippen LogP contribution in [0.5, 0.6) is 0 Å². The molecule has 116 valence electrons. The summed E-state index contributed by atoms with van der Waals surface area (Å²) >= 11 is 0. The third kappa shape index (κ3) is 3.44. The number of likely N-dealkylation sites (tertiary alicyclic amines) is 1. The van der Waals surface area contributed by atoms with Crippen molar-refractivity contribution in [3.63, 3.8) is 0 Å². The van der Waals surface area contributed by atoms with E-state index >= 15 is 0 Å². The molecule has 0 spiro atoms. The highest BCUT2D eigenvalue weighted by Gasteiger charge is 2.23. The maximum atomic E-state index is 9.02. The van der Waals surface area contributed by atoms with Crippen molar-refractivity contribution in [3.8, 4) is 0 Å². The van der Waals surface area contributed by atoms with Crippen LogP contribution in [0.15, 0.2) is 11.2 Å². The number of nitrogens with zero attached hydrogens (tertiary/aromatic N) is 4. The summed E-state index contributed by atoms with van der Waals surface area (Å²) < 4.78 is 0. The van der Waals surface area contributed by atoms with Gasteiger partial charge >= 0.3 is 0 Å². The summed E-state index contributed by atoms with van der Waals surface area (Å²) in [6.45, 7) is 7.10. The van der Waals surface area contributed by atoms with Crippen LogP contribution in [0.1, 0.15) is 23.2 Å². The van der Waals surface area contributed by atoms with Gasteiger partial charge in [-0.05, 0) is 51.4 Å². The molecular weight excluding hydrogens is 266 g/mol. The quantitative estimate of drug-likeness (QED) is 0.377. The molecule has 1 atom stereocenters. The molecule has 1 aliphatic rings. The Kier molecular flexibility index (Phi) is 4.67. The average molecular weight is 291 g/mol. The Morgan fingerprint density at radius 1 is 1.57 bits per heavy atom. The van der Waals surface area contributed by atoms with Gasteiger partial charge in [-0.3, -0.25) is 0 Å². The molecule has 21 heavy (non-hydrogen) atoms. The molecule has 0 aliphatic carbocycles. The fourth-order valence-electron chi connectivity index (χ4n) is 3.11. The molecule has 0 aromatic carbocycles. The Labute approximate surface area is 126 Å². The number of hydrogen-bond acceptors (Lipinski definition) is 5. The second kappa shape index (κ2) is 6.30. The highest BCUT2D eigenvalue weighted by Crippen LogP contribution is 2.24. The van der Waals surface area contributed by atoms with Crippen LogP contribution in [-0.2, 0) is 0 Å². The number of rotatable bonds is 4. The first-order valence-electron chi connectivity index (χ1n) is 7.28. The van der Waals surface area contributed by atoms with E-state index in [4.69, 9.17) is 10.9 Å². The Bertz CT molecular complexity index is 543. The number of nitrogens with two attached hydrogens (primary N) is 1. The number of amidine groups is 1. The predicted octanol–water partition coefficient (Wildman–Crippen LogP) is 1.18. The van der Waals surface area contributed by atoms with E-state index in [1.54, 1.807) is 0 Å². The van der Waals surface area contributed by atoms with Gasteiger partial charge in [0.25, 0.3) is 0 Å². The van der Waals surface area contributed by atoms with Gasteiger partial charge in [-0.25, -0.2) is 4.98 Å². The molecule has 0 bridgehead atoms.